The quantitative estimate of drug-likeness (QED) is 0.466. The van der Waals surface area contributed by atoms with Gasteiger partial charge < -0.3 is 24.0 Å². The molecule has 1 fully saturated rings. The largest absolute Gasteiger partial charge is 0.542 e. The molecule has 2 aromatic carbocycles. The summed E-state index contributed by atoms with van der Waals surface area (Å²) in [5.74, 6) is -1.30. The number of nitrogens with zero attached hydrogens (tertiary/aromatic N) is 1. The maximum absolute atomic E-state index is 12.5. The molecule has 4 rings (SSSR count). The van der Waals surface area contributed by atoms with Crippen molar-refractivity contribution in [3.05, 3.63) is 83.6 Å². The second-order valence-electron chi connectivity index (χ2n) is 6.92. The number of carbonyl (C=O) groups excluding carboxylic acids is 2. The van der Waals surface area contributed by atoms with Gasteiger partial charge in [0.05, 0.1) is 13.2 Å². The van der Waals surface area contributed by atoms with Crippen molar-refractivity contribution in [2.75, 3.05) is 31.2 Å². The van der Waals surface area contributed by atoms with Crippen LogP contribution in [0.15, 0.2) is 71.2 Å². The van der Waals surface area contributed by atoms with Crippen molar-refractivity contribution in [3.8, 4) is 11.3 Å². The van der Waals surface area contributed by atoms with Crippen molar-refractivity contribution in [1.82, 2.24) is 0 Å². The molecule has 0 aliphatic carbocycles. The molecule has 0 saturated carbocycles. The van der Waals surface area contributed by atoms with Crippen LogP contribution < -0.4 is 10.0 Å². The molecule has 0 radical (unpaired) electrons. The Morgan fingerprint density at radius 1 is 0.900 bits per heavy atom. The molecule has 1 aliphatic rings. The zero-order valence-electron chi connectivity index (χ0n) is 16.2. The van der Waals surface area contributed by atoms with E-state index in [0.29, 0.717) is 16.9 Å². The summed E-state index contributed by atoms with van der Waals surface area (Å²) in [6, 6.07) is 17.8. The molecule has 1 aliphatic heterocycles. The first-order valence-electron chi connectivity index (χ1n) is 9.67. The van der Waals surface area contributed by atoms with Crippen molar-refractivity contribution < 1.29 is 23.8 Å². The summed E-state index contributed by atoms with van der Waals surface area (Å²) < 4.78 is 10.6. The van der Waals surface area contributed by atoms with Crippen LogP contribution in [0.1, 0.15) is 26.5 Å². The maximum atomic E-state index is 12.5. The van der Waals surface area contributed by atoms with E-state index in [1.807, 2.05) is 12.1 Å². The van der Waals surface area contributed by atoms with Crippen molar-refractivity contribution in [2.24, 2.45) is 0 Å². The fourth-order valence-corrected chi connectivity index (χ4v) is 3.29. The van der Waals surface area contributed by atoms with Crippen LogP contribution in [0.2, 0.25) is 0 Å². The van der Waals surface area contributed by atoms with E-state index in [9.17, 15) is 14.7 Å². The van der Waals surface area contributed by atoms with Crippen LogP contribution in [-0.4, -0.2) is 38.1 Å². The molecule has 6 heteroatoms. The smallest absolute Gasteiger partial charge is 0.185 e. The molecule has 1 saturated heterocycles. The van der Waals surface area contributed by atoms with E-state index >= 15 is 0 Å². The van der Waals surface area contributed by atoms with Gasteiger partial charge in [-0.2, -0.15) is 0 Å². The molecule has 0 spiro atoms. The Morgan fingerprint density at radius 2 is 1.60 bits per heavy atom. The van der Waals surface area contributed by atoms with E-state index in [1.165, 1.54) is 6.07 Å². The topological polar surface area (TPSA) is 82.8 Å². The van der Waals surface area contributed by atoms with E-state index in [2.05, 4.69) is 17.0 Å². The number of ether oxygens (including phenoxy) is 1. The summed E-state index contributed by atoms with van der Waals surface area (Å²) in [7, 11) is 0. The van der Waals surface area contributed by atoms with E-state index in [4.69, 9.17) is 9.15 Å². The standard InChI is InChI=1S/C24H21NO5/c26-21(10-3-17-1-8-20(9-2-17)25-13-15-29-16-14-25)18-4-6-19(7-5-18)22-11-12-23(30-22)24(27)28/h1-12H,13-16H2,(H,27,28)/p-1/b10-3+. The Kier molecular flexibility index (Phi) is 5.77. The zero-order valence-corrected chi connectivity index (χ0v) is 16.2. The lowest BCUT2D eigenvalue weighted by Gasteiger charge is -2.28. The van der Waals surface area contributed by atoms with Gasteiger partial charge in [0, 0.05) is 29.9 Å². The molecule has 2 heterocycles. The fraction of sp³-hybridized carbons (Fsp3) is 0.167. The first-order valence-corrected chi connectivity index (χ1v) is 9.67. The highest BCUT2D eigenvalue weighted by atomic mass is 16.5. The SMILES string of the molecule is O=C(/C=C/c1ccc(N2CCOCC2)cc1)c1ccc(-c2ccc(C(=O)[O-])o2)cc1. The van der Waals surface area contributed by atoms with Gasteiger partial charge in [-0.05, 0) is 35.9 Å². The van der Waals surface area contributed by atoms with Gasteiger partial charge >= 0.3 is 0 Å². The van der Waals surface area contributed by atoms with Gasteiger partial charge in [-0.3, -0.25) is 4.79 Å². The fourth-order valence-electron chi connectivity index (χ4n) is 3.29. The normalized spacial score (nSPS) is 14.2. The van der Waals surface area contributed by atoms with Crippen LogP contribution in [-0.2, 0) is 4.74 Å². The van der Waals surface area contributed by atoms with Crippen LogP contribution in [0, 0.1) is 0 Å². The second kappa shape index (κ2) is 8.80. The summed E-state index contributed by atoms with van der Waals surface area (Å²) in [5.41, 5.74) is 3.31. The zero-order chi connectivity index (χ0) is 20.9. The van der Waals surface area contributed by atoms with Crippen LogP contribution in [0.25, 0.3) is 17.4 Å². The average molecular weight is 402 g/mol. The highest BCUT2D eigenvalue weighted by molar-refractivity contribution is 6.07. The molecular weight excluding hydrogens is 382 g/mol. The Morgan fingerprint density at radius 3 is 2.23 bits per heavy atom. The Hall–Kier alpha value is -3.64. The van der Waals surface area contributed by atoms with E-state index in [0.717, 1.165) is 37.6 Å². The molecule has 0 N–H and O–H groups in total. The van der Waals surface area contributed by atoms with Crippen LogP contribution in [0.5, 0.6) is 0 Å². The number of hydrogen-bond acceptors (Lipinski definition) is 6. The summed E-state index contributed by atoms with van der Waals surface area (Å²) >= 11 is 0. The minimum absolute atomic E-state index is 0.117. The number of morpholine rings is 1. The first-order chi connectivity index (χ1) is 14.6. The van der Waals surface area contributed by atoms with Gasteiger partial charge in [-0.15, -0.1) is 0 Å². The number of rotatable bonds is 6. The minimum Gasteiger partial charge on any atom is -0.542 e. The molecule has 0 bridgehead atoms. The molecule has 30 heavy (non-hydrogen) atoms. The number of anilines is 1. The third-order valence-corrected chi connectivity index (χ3v) is 4.96. The molecule has 1 aromatic heterocycles. The highest BCUT2D eigenvalue weighted by Gasteiger charge is 2.11. The van der Waals surface area contributed by atoms with Crippen LogP contribution in [0.4, 0.5) is 5.69 Å². The highest BCUT2D eigenvalue weighted by Crippen LogP contribution is 2.23. The van der Waals surface area contributed by atoms with Crippen molar-refractivity contribution >= 4 is 23.5 Å². The number of aromatic carboxylic acids is 1. The predicted molar refractivity (Wildman–Crippen MR) is 111 cm³/mol. The molecular formula is C24H20NO5-. The van der Waals surface area contributed by atoms with Gasteiger partial charge in [-0.1, -0.05) is 42.5 Å². The van der Waals surface area contributed by atoms with Gasteiger partial charge in [0.25, 0.3) is 0 Å². The number of ketones is 1. The van der Waals surface area contributed by atoms with E-state index in [1.54, 1.807) is 42.5 Å². The lowest BCUT2D eigenvalue weighted by molar-refractivity contribution is -0.257. The summed E-state index contributed by atoms with van der Waals surface area (Å²) in [6.45, 7) is 3.26. The lowest BCUT2D eigenvalue weighted by Crippen LogP contribution is -2.36. The molecule has 0 amide bonds. The third kappa shape index (κ3) is 4.50. The van der Waals surface area contributed by atoms with Crippen molar-refractivity contribution in [3.63, 3.8) is 0 Å². The number of benzene rings is 2. The summed E-state index contributed by atoms with van der Waals surface area (Å²) in [4.78, 5) is 25.5. The lowest BCUT2D eigenvalue weighted by atomic mass is 10.1. The molecule has 0 atom stereocenters. The van der Waals surface area contributed by atoms with Gasteiger partial charge in [0.1, 0.15) is 17.5 Å². The van der Waals surface area contributed by atoms with Crippen LogP contribution in [0.3, 0.4) is 0 Å². The molecule has 3 aromatic rings. The Bertz CT molecular complexity index is 1060. The Labute approximate surface area is 174 Å². The maximum Gasteiger partial charge on any atom is 0.185 e. The molecule has 152 valence electrons. The molecule has 0 unspecified atom stereocenters. The van der Waals surface area contributed by atoms with E-state index < -0.39 is 5.97 Å². The number of carbonyl (C=O) groups is 2. The second-order valence-corrected chi connectivity index (χ2v) is 6.92. The average Bonchev–Trinajstić information content (AvgIpc) is 3.29. The number of carboxylic acid groups (broad SMARTS) is 1. The third-order valence-electron chi connectivity index (χ3n) is 4.96. The predicted octanol–water partition coefficient (Wildman–Crippen LogP) is 3.04. The number of carboxylic acids is 1. The number of hydrogen-bond donors (Lipinski definition) is 0. The van der Waals surface area contributed by atoms with Crippen molar-refractivity contribution in [2.45, 2.75) is 0 Å². The van der Waals surface area contributed by atoms with Crippen LogP contribution >= 0.6 is 0 Å². The van der Waals surface area contributed by atoms with Gasteiger partial charge in [0.2, 0.25) is 0 Å². The van der Waals surface area contributed by atoms with Gasteiger partial charge in [-0.25, -0.2) is 0 Å². The number of furan rings is 1. The molecule has 6 nitrogen and oxygen atoms in total. The van der Waals surface area contributed by atoms with Gasteiger partial charge in [0.15, 0.2) is 5.78 Å². The first kappa shape index (κ1) is 19.7. The summed E-state index contributed by atoms with van der Waals surface area (Å²) in [5, 5.41) is 10.8. The summed E-state index contributed by atoms with van der Waals surface area (Å²) in [6.07, 6.45) is 3.33. The van der Waals surface area contributed by atoms with Crippen molar-refractivity contribution in [1.29, 1.82) is 0 Å². The Balaban J connectivity index is 1.40. The minimum atomic E-state index is -1.36. The number of allylic oxidation sites excluding steroid dienone is 1. The van der Waals surface area contributed by atoms with E-state index in [-0.39, 0.29) is 11.5 Å². The monoisotopic (exact) mass is 402 g/mol.